The quantitative estimate of drug-likeness (QED) is 0.882. The number of benzene rings is 1. The van der Waals surface area contributed by atoms with Crippen molar-refractivity contribution >= 4 is 17.6 Å². The van der Waals surface area contributed by atoms with E-state index < -0.39 is 11.9 Å². The van der Waals surface area contributed by atoms with E-state index in [1.54, 1.807) is 19.1 Å². The van der Waals surface area contributed by atoms with Gasteiger partial charge >= 0.3 is 5.97 Å². The highest BCUT2D eigenvalue weighted by atomic mass is 19.1. The topological polar surface area (TPSA) is 66.4 Å². The standard InChI is InChI=1S/C14H16FNO3/c1-8-2-5-11(7-12(8)15)16-13(17)9-3-4-10(6-9)14(18)19/h2,5,7,9-10H,3-4,6H2,1H3,(H,16,17)(H,18,19). The SMILES string of the molecule is Cc1ccc(NC(=O)C2CCC(C(=O)O)C2)cc1F. The van der Waals surface area contributed by atoms with Crippen LogP contribution < -0.4 is 5.32 Å². The van der Waals surface area contributed by atoms with E-state index in [1.807, 2.05) is 0 Å². The molecule has 2 unspecified atom stereocenters. The predicted molar refractivity (Wildman–Crippen MR) is 68.2 cm³/mol. The molecule has 1 aliphatic carbocycles. The van der Waals surface area contributed by atoms with E-state index in [9.17, 15) is 14.0 Å². The van der Waals surface area contributed by atoms with Gasteiger partial charge in [0.25, 0.3) is 0 Å². The van der Waals surface area contributed by atoms with Crippen molar-refractivity contribution in [2.45, 2.75) is 26.2 Å². The zero-order chi connectivity index (χ0) is 14.0. The molecule has 0 radical (unpaired) electrons. The number of carboxylic acids is 1. The number of nitrogens with one attached hydrogen (secondary N) is 1. The first-order valence-electron chi connectivity index (χ1n) is 6.27. The monoisotopic (exact) mass is 265 g/mol. The second-order valence-corrected chi connectivity index (χ2v) is 5.00. The van der Waals surface area contributed by atoms with Gasteiger partial charge in [0.15, 0.2) is 0 Å². The lowest BCUT2D eigenvalue weighted by atomic mass is 10.0. The molecule has 1 aromatic carbocycles. The van der Waals surface area contributed by atoms with Crippen molar-refractivity contribution in [3.8, 4) is 0 Å². The zero-order valence-corrected chi connectivity index (χ0v) is 10.6. The highest BCUT2D eigenvalue weighted by molar-refractivity contribution is 5.93. The molecular weight excluding hydrogens is 249 g/mol. The Balaban J connectivity index is 1.98. The Morgan fingerprint density at radius 3 is 2.58 bits per heavy atom. The average molecular weight is 265 g/mol. The van der Waals surface area contributed by atoms with Crippen molar-refractivity contribution in [1.82, 2.24) is 0 Å². The average Bonchev–Trinajstić information content (AvgIpc) is 2.83. The molecular formula is C14H16FNO3. The first kappa shape index (κ1) is 13.5. The Morgan fingerprint density at radius 2 is 2.00 bits per heavy atom. The maximum absolute atomic E-state index is 13.3. The van der Waals surface area contributed by atoms with Gasteiger partial charge in [0, 0.05) is 11.6 Å². The van der Waals surface area contributed by atoms with E-state index in [-0.39, 0.29) is 17.6 Å². The maximum atomic E-state index is 13.3. The number of rotatable bonds is 3. The van der Waals surface area contributed by atoms with E-state index in [0.717, 1.165) is 0 Å². The molecule has 2 N–H and O–H groups in total. The molecule has 102 valence electrons. The normalized spacial score (nSPS) is 22.2. The molecule has 0 aromatic heterocycles. The Kier molecular flexibility index (Phi) is 3.83. The molecule has 5 heteroatoms. The van der Waals surface area contributed by atoms with Gasteiger partial charge in [-0.25, -0.2) is 4.39 Å². The second kappa shape index (κ2) is 5.38. The first-order chi connectivity index (χ1) is 8.97. The van der Waals surface area contributed by atoms with Gasteiger partial charge in [-0.2, -0.15) is 0 Å². The van der Waals surface area contributed by atoms with Gasteiger partial charge in [-0.3, -0.25) is 9.59 Å². The minimum Gasteiger partial charge on any atom is -0.481 e. The molecule has 0 aliphatic heterocycles. The summed E-state index contributed by atoms with van der Waals surface area (Å²) in [7, 11) is 0. The number of hydrogen-bond donors (Lipinski definition) is 2. The summed E-state index contributed by atoms with van der Waals surface area (Å²) < 4.78 is 13.3. The van der Waals surface area contributed by atoms with Crippen molar-refractivity contribution in [1.29, 1.82) is 0 Å². The molecule has 2 atom stereocenters. The summed E-state index contributed by atoms with van der Waals surface area (Å²) in [6.45, 7) is 1.65. The largest absolute Gasteiger partial charge is 0.481 e. The third-order valence-corrected chi connectivity index (χ3v) is 3.59. The van der Waals surface area contributed by atoms with Crippen molar-refractivity contribution in [3.63, 3.8) is 0 Å². The lowest BCUT2D eigenvalue weighted by Gasteiger charge is -2.11. The van der Waals surface area contributed by atoms with Crippen molar-refractivity contribution < 1.29 is 19.1 Å². The third-order valence-electron chi connectivity index (χ3n) is 3.59. The van der Waals surface area contributed by atoms with E-state index in [0.29, 0.717) is 30.5 Å². The first-order valence-corrected chi connectivity index (χ1v) is 6.27. The van der Waals surface area contributed by atoms with E-state index >= 15 is 0 Å². The summed E-state index contributed by atoms with van der Waals surface area (Å²) >= 11 is 0. The second-order valence-electron chi connectivity index (χ2n) is 5.00. The fourth-order valence-electron chi connectivity index (χ4n) is 2.36. The Hall–Kier alpha value is -1.91. The van der Waals surface area contributed by atoms with Gasteiger partial charge in [0.2, 0.25) is 5.91 Å². The summed E-state index contributed by atoms with van der Waals surface area (Å²) in [4.78, 5) is 22.8. The van der Waals surface area contributed by atoms with Crippen molar-refractivity contribution in [2.75, 3.05) is 5.32 Å². The Labute approximate surface area is 110 Å². The number of carboxylic acid groups (broad SMARTS) is 1. The van der Waals surface area contributed by atoms with Crippen LogP contribution in [0.5, 0.6) is 0 Å². The van der Waals surface area contributed by atoms with E-state index in [4.69, 9.17) is 5.11 Å². The summed E-state index contributed by atoms with van der Waals surface area (Å²) in [5, 5.41) is 11.5. The molecule has 0 spiro atoms. The number of halogens is 1. The highest BCUT2D eigenvalue weighted by Gasteiger charge is 2.33. The van der Waals surface area contributed by atoms with Crippen LogP contribution in [0.25, 0.3) is 0 Å². The van der Waals surface area contributed by atoms with Gasteiger partial charge in [0.05, 0.1) is 5.92 Å². The van der Waals surface area contributed by atoms with Gasteiger partial charge in [-0.05, 0) is 43.9 Å². The van der Waals surface area contributed by atoms with Crippen molar-refractivity contribution in [3.05, 3.63) is 29.6 Å². The smallest absolute Gasteiger partial charge is 0.306 e. The van der Waals surface area contributed by atoms with E-state index in [2.05, 4.69) is 5.32 Å². The summed E-state index contributed by atoms with van der Waals surface area (Å²) in [6.07, 6.45) is 1.45. The molecule has 1 aromatic rings. The molecule has 4 nitrogen and oxygen atoms in total. The van der Waals surface area contributed by atoms with Crippen LogP contribution in [0, 0.1) is 24.6 Å². The Morgan fingerprint density at radius 1 is 1.32 bits per heavy atom. The molecule has 1 saturated carbocycles. The van der Waals surface area contributed by atoms with Crippen LogP contribution >= 0.6 is 0 Å². The van der Waals surface area contributed by atoms with Gasteiger partial charge in [-0.1, -0.05) is 6.07 Å². The van der Waals surface area contributed by atoms with Gasteiger partial charge in [0.1, 0.15) is 5.82 Å². The number of amides is 1. The van der Waals surface area contributed by atoms with Crippen LogP contribution in [0.2, 0.25) is 0 Å². The molecule has 2 rings (SSSR count). The molecule has 0 bridgehead atoms. The number of carbonyl (C=O) groups is 2. The van der Waals surface area contributed by atoms with Crippen LogP contribution in [0.4, 0.5) is 10.1 Å². The molecule has 19 heavy (non-hydrogen) atoms. The number of anilines is 1. The lowest BCUT2D eigenvalue weighted by molar-refractivity contribution is -0.141. The summed E-state index contributed by atoms with van der Waals surface area (Å²) in [5.74, 6) is -2.19. The zero-order valence-electron chi connectivity index (χ0n) is 10.6. The van der Waals surface area contributed by atoms with Crippen LogP contribution in [0.1, 0.15) is 24.8 Å². The minimum absolute atomic E-state index is 0.230. The number of carbonyl (C=O) groups excluding carboxylic acids is 1. The summed E-state index contributed by atoms with van der Waals surface area (Å²) in [6, 6.07) is 4.51. The molecule has 1 fully saturated rings. The minimum atomic E-state index is -0.850. The van der Waals surface area contributed by atoms with Crippen LogP contribution in [0.15, 0.2) is 18.2 Å². The van der Waals surface area contributed by atoms with E-state index in [1.165, 1.54) is 6.07 Å². The number of aryl methyl sites for hydroxylation is 1. The van der Waals surface area contributed by atoms with Gasteiger partial charge < -0.3 is 10.4 Å². The van der Waals surface area contributed by atoms with Crippen LogP contribution in [0.3, 0.4) is 0 Å². The van der Waals surface area contributed by atoms with Crippen LogP contribution in [-0.2, 0) is 9.59 Å². The highest BCUT2D eigenvalue weighted by Crippen LogP contribution is 2.32. The predicted octanol–water partition coefficient (Wildman–Crippen LogP) is 2.57. The molecule has 1 aliphatic rings. The lowest BCUT2D eigenvalue weighted by Crippen LogP contribution is -2.21. The molecule has 0 heterocycles. The fraction of sp³-hybridized carbons (Fsp3) is 0.429. The maximum Gasteiger partial charge on any atom is 0.306 e. The molecule has 0 saturated heterocycles. The van der Waals surface area contributed by atoms with Crippen LogP contribution in [-0.4, -0.2) is 17.0 Å². The number of hydrogen-bond acceptors (Lipinski definition) is 2. The number of aliphatic carboxylic acids is 1. The summed E-state index contributed by atoms with van der Waals surface area (Å²) in [5.41, 5.74) is 0.927. The van der Waals surface area contributed by atoms with Gasteiger partial charge in [-0.15, -0.1) is 0 Å². The fourth-order valence-corrected chi connectivity index (χ4v) is 2.36. The van der Waals surface area contributed by atoms with Crippen molar-refractivity contribution in [2.24, 2.45) is 11.8 Å². The Bertz CT molecular complexity index is 515. The molecule has 1 amide bonds. The third kappa shape index (κ3) is 3.10.